The Labute approximate surface area is 155 Å². The molecule has 0 radical (unpaired) electrons. The van der Waals surface area contributed by atoms with Gasteiger partial charge in [-0.1, -0.05) is 18.2 Å². The van der Waals surface area contributed by atoms with Crippen LogP contribution < -0.4 is 0 Å². The van der Waals surface area contributed by atoms with Crippen LogP contribution in [0.1, 0.15) is 30.4 Å². The second-order valence-electron chi connectivity index (χ2n) is 7.48. The third kappa shape index (κ3) is 3.90. The van der Waals surface area contributed by atoms with Gasteiger partial charge in [-0.25, -0.2) is 0 Å². The number of carbonyl (C=O) groups is 1. The number of aliphatic hydroxyl groups is 1. The predicted molar refractivity (Wildman–Crippen MR) is 99.3 cm³/mol. The molecule has 2 aliphatic heterocycles. The van der Waals surface area contributed by atoms with Crippen LogP contribution in [0.15, 0.2) is 24.3 Å². The summed E-state index contributed by atoms with van der Waals surface area (Å²) in [4.78, 5) is 19.0. The van der Waals surface area contributed by atoms with Crippen molar-refractivity contribution >= 4 is 5.91 Å². The molecule has 0 aliphatic carbocycles. The minimum absolute atomic E-state index is 0.0142. The van der Waals surface area contributed by atoms with Crippen molar-refractivity contribution in [1.29, 1.82) is 5.26 Å². The van der Waals surface area contributed by atoms with E-state index in [0.29, 0.717) is 19.5 Å². The molecule has 1 atom stereocenters. The van der Waals surface area contributed by atoms with E-state index in [1.54, 1.807) is 4.90 Å². The Bertz CT molecular complexity index is 687. The van der Waals surface area contributed by atoms with Crippen LogP contribution in [-0.4, -0.2) is 77.6 Å². The first kappa shape index (κ1) is 18.8. The van der Waals surface area contributed by atoms with Gasteiger partial charge in [0.25, 0.3) is 0 Å². The number of likely N-dealkylation sites (N-methyl/N-ethyl adjacent to an activating group) is 1. The zero-order valence-corrected chi connectivity index (χ0v) is 15.5. The van der Waals surface area contributed by atoms with Crippen molar-refractivity contribution in [3.63, 3.8) is 0 Å². The largest absolute Gasteiger partial charge is 0.395 e. The number of β-amino-alcohol motifs (C(OH)–C–C–N with tert-alkyl or cyclic N) is 1. The summed E-state index contributed by atoms with van der Waals surface area (Å²) >= 11 is 0. The SMILES string of the molecule is CN1CCN(Cc2ccccc2C#N)C[C@@]12CCC(=O)N(CCO)CC2. The van der Waals surface area contributed by atoms with Gasteiger partial charge in [0.2, 0.25) is 5.91 Å². The van der Waals surface area contributed by atoms with Crippen LogP contribution in [0.4, 0.5) is 0 Å². The van der Waals surface area contributed by atoms with E-state index in [0.717, 1.165) is 50.1 Å². The second-order valence-corrected chi connectivity index (χ2v) is 7.48. The number of amides is 1. The summed E-state index contributed by atoms with van der Waals surface area (Å²) in [6.07, 6.45) is 2.30. The van der Waals surface area contributed by atoms with Crippen molar-refractivity contribution in [2.45, 2.75) is 31.3 Å². The molecular formula is C20H28N4O2. The average molecular weight is 356 g/mol. The van der Waals surface area contributed by atoms with Crippen LogP contribution in [0.25, 0.3) is 0 Å². The number of rotatable bonds is 4. The number of hydrogen-bond donors (Lipinski definition) is 1. The molecule has 2 heterocycles. The maximum atomic E-state index is 12.3. The van der Waals surface area contributed by atoms with E-state index in [-0.39, 0.29) is 18.1 Å². The van der Waals surface area contributed by atoms with Crippen LogP contribution in [0.3, 0.4) is 0 Å². The minimum atomic E-state index is -0.0142. The number of carbonyl (C=O) groups excluding carboxylic acids is 1. The summed E-state index contributed by atoms with van der Waals surface area (Å²) in [5.74, 6) is 0.149. The van der Waals surface area contributed by atoms with Crippen LogP contribution in [0, 0.1) is 11.3 Å². The molecule has 0 saturated carbocycles. The lowest BCUT2D eigenvalue weighted by Gasteiger charge is -2.49. The van der Waals surface area contributed by atoms with Crippen molar-refractivity contribution in [1.82, 2.24) is 14.7 Å². The van der Waals surface area contributed by atoms with Crippen molar-refractivity contribution in [3.8, 4) is 6.07 Å². The highest BCUT2D eigenvalue weighted by Crippen LogP contribution is 2.32. The van der Waals surface area contributed by atoms with Gasteiger partial charge in [0.1, 0.15) is 0 Å². The monoisotopic (exact) mass is 356 g/mol. The Morgan fingerprint density at radius 3 is 2.81 bits per heavy atom. The molecule has 1 aromatic rings. The Hall–Kier alpha value is -1.94. The van der Waals surface area contributed by atoms with Crippen molar-refractivity contribution in [2.24, 2.45) is 0 Å². The van der Waals surface area contributed by atoms with Crippen LogP contribution >= 0.6 is 0 Å². The van der Waals surface area contributed by atoms with E-state index in [1.807, 2.05) is 24.3 Å². The highest BCUT2D eigenvalue weighted by molar-refractivity contribution is 5.76. The molecule has 2 aliphatic rings. The highest BCUT2D eigenvalue weighted by Gasteiger charge is 2.42. The lowest BCUT2D eigenvalue weighted by molar-refractivity contribution is -0.131. The number of hydrogen-bond acceptors (Lipinski definition) is 5. The fraction of sp³-hybridized carbons (Fsp3) is 0.600. The first-order valence-corrected chi connectivity index (χ1v) is 9.38. The zero-order chi connectivity index (χ0) is 18.6. The molecule has 6 heteroatoms. The Kier molecular flexibility index (Phi) is 5.92. The summed E-state index contributed by atoms with van der Waals surface area (Å²) in [5.41, 5.74) is 1.80. The van der Waals surface area contributed by atoms with Gasteiger partial charge in [-0.2, -0.15) is 5.26 Å². The number of aliphatic hydroxyl groups excluding tert-OH is 1. The molecule has 0 unspecified atom stereocenters. The highest BCUT2D eigenvalue weighted by atomic mass is 16.3. The van der Waals surface area contributed by atoms with Gasteiger partial charge in [-0.05, 0) is 31.5 Å². The number of nitriles is 1. The van der Waals surface area contributed by atoms with Gasteiger partial charge >= 0.3 is 0 Å². The van der Waals surface area contributed by atoms with E-state index in [4.69, 9.17) is 0 Å². The van der Waals surface area contributed by atoms with E-state index in [9.17, 15) is 15.2 Å². The minimum Gasteiger partial charge on any atom is -0.395 e. The predicted octanol–water partition coefficient (Wildman–Crippen LogP) is 1.05. The normalized spacial score (nSPS) is 25.3. The van der Waals surface area contributed by atoms with Crippen LogP contribution in [0.5, 0.6) is 0 Å². The van der Waals surface area contributed by atoms with Crippen LogP contribution in [-0.2, 0) is 11.3 Å². The quantitative estimate of drug-likeness (QED) is 0.873. The summed E-state index contributed by atoms with van der Waals surface area (Å²) in [6, 6.07) is 10.1. The topological polar surface area (TPSA) is 70.8 Å². The molecule has 1 amide bonds. The summed E-state index contributed by atoms with van der Waals surface area (Å²) in [7, 11) is 2.16. The Balaban J connectivity index is 1.73. The van der Waals surface area contributed by atoms with Crippen molar-refractivity contribution in [2.75, 3.05) is 46.4 Å². The molecule has 1 aromatic carbocycles. The lowest BCUT2D eigenvalue weighted by Crippen LogP contribution is -2.60. The molecule has 2 saturated heterocycles. The average Bonchev–Trinajstić information content (AvgIpc) is 2.80. The summed E-state index contributed by atoms with van der Waals surface area (Å²) < 4.78 is 0. The molecule has 1 spiro atoms. The molecule has 3 rings (SSSR count). The van der Waals surface area contributed by atoms with E-state index in [1.165, 1.54) is 0 Å². The number of likely N-dealkylation sites (tertiary alicyclic amines) is 1. The molecule has 140 valence electrons. The standard InChI is InChI=1S/C20H28N4O2/c1-22-10-11-23(15-18-5-3-2-4-17(18)14-21)16-20(22)7-6-19(26)24(9-8-20)12-13-25/h2-5,25H,6-13,15-16H2,1H3/t20-/m0/s1. The first-order chi connectivity index (χ1) is 12.6. The summed E-state index contributed by atoms with van der Waals surface area (Å²) in [5, 5.41) is 18.5. The van der Waals surface area contributed by atoms with E-state index < -0.39 is 0 Å². The van der Waals surface area contributed by atoms with Gasteiger partial charge in [0.05, 0.1) is 18.2 Å². The lowest BCUT2D eigenvalue weighted by atomic mass is 9.86. The van der Waals surface area contributed by atoms with Gasteiger partial charge in [-0.15, -0.1) is 0 Å². The van der Waals surface area contributed by atoms with Crippen molar-refractivity contribution in [3.05, 3.63) is 35.4 Å². The molecule has 0 bridgehead atoms. The fourth-order valence-electron chi connectivity index (χ4n) is 4.28. The van der Waals surface area contributed by atoms with E-state index in [2.05, 4.69) is 22.9 Å². The third-order valence-corrected chi connectivity index (χ3v) is 5.99. The van der Waals surface area contributed by atoms with Gasteiger partial charge < -0.3 is 10.0 Å². The van der Waals surface area contributed by atoms with E-state index >= 15 is 0 Å². The molecule has 26 heavy (non-hydrogen) atoms. The second kappa shape index (κ2) is 8.17. The van der Waals surface area contributed by atoms with Gasteiger partial charge in [-0.3, -0.25) is 14.6 Å². The molecule has 2 fully saturated rings. The maximum Gasteiger partial charge on any atom is 0.222 e. The number of piperazine rings is 1. The molecule has 6 nitrogen and oxygen atoms in total. The Morgan fingerprint density at radius 1 is 1.23 bits per heavy atom. The first-order valence-electron chi connectivity index (χ1n) is 9.38. The molecule has 1 N–H and O–H groups in total. The third-order valence-electron chi connectivity index (χ3n) is 5.99. The fourth-order valence-corrected chi connectivity index (χ4v) is 4.28. The van der Waals surface area contributed by atoms with Crippen LogP contribution in [0.2, 0.25) is 0 Å². The number of nitrogens with zero attached hydrogens (tertiary/aromatic N) is 4. The smallest absolute Gasteiger partial charge is 0.222 e. The Morgan fingerprint density at radius 2 is 2.04 bits per heavy atom. The summed E-state index contributed by atoms with van der Waals surface area (Å²) in [6.45, 7) is 4.75. The molecular weight excluding hydrogens is 328 g/mol. The zero-order valence-electron chi connectivity index (χ0n) is 15.5. The van der Waals surface area contributed by atoms with Crippen molar-refractivity contribution < 1.29 is 9.90 Å². The van der Waals surface area contributed by atoms with Gasteiger partial charge in [0, 0.05) is 51.2 Å². The van der Waals surface area contributed by atoms with Gasteiger partial charge in [0.15, 0.2) is 0 Å². The molecule has 0 aromatic heterocycles. The number of benzene rings is 1. The maximum absolute atomic E-state index is 12.3.